The summed E-state index contributed by atoms with van der Waals surface area (Å²) in [5, 5.41) is 7.41. The molecule has 4 nitrogen and oxygen atoms in total. The normalized spacial score (nSPS) is 10.9. The lowest BCUT2D eigenvalue weighted by Gasteiger charge is -2.03. The second-order valence-electron chi connectivity index (χ2n) is 5.52. The summed E-state index contributed by atoms with van der Waals surface area (Å²) in [6, 6.07) is 19.4. The molecule has 1 amide bonds. The third kappa shape index (κ3) is 3.43. The number of carbonyl (C=O) groups is 1. The highest BCUT2D eigenvalue weighted by Crippen LogP contribution is 2.19. The molecule has 24 heavy (non-hydrogen) atoms. The van der Waals surface area contributed by atoms with Crippen LogP contribution in [0, 0.1) is 13.8 Å². The Bertz CT molecular complexity index is 865. The van der Waals surface area contributed by atoms with Crippen LogP contribution in [-0.2, 0) is 4.79 Å². The van der Waals surface area contributed by atoms with Crippen molar-refractivity contribution < 1.29 is 4.79 Å². The number of anilines is 1. The molecule has 3 aromatic rings. The molecular weight excluding hydrogens is 298 g/mol. The summed E-state index contributed by atoms with van der Waals surface area (Å²) < 4.78 is 1.89. The Balaban J connectivity index is 1.80. The topological polar surface area (TPSA) is 46.9 Å². The van der Waals surface area contributed by atoms with Crippen LogP contribution in [0.2, 0.25) is 0 Å². The predicted octanol–water partition coefficient (Wildman–Crippen LogP) is 4.14. The van der Waals surface area contributed by atoms with Gasteiger partial charge in [-0.25, -0.2) is 4.68 Å². The molecule has 0 unspecified atom stereocenters. The van der Waals surface area contributed by atoms with Crippen LogP contribution >= 0.6 is 0 Å². The van der Waals surface area contributed by atoms with Crippen LogP contribution in [0.5, 0.6) is 0 Å². The van der Waals surface area contributed by atoms with Crippen LogP contribution in [0.3, 0.4) is 0 Å². The van der Waals surface area contributed by atoms with Crippen molar-refractivity contribution in [3.63, 3.8) is 0 Å². The van der Waals surface area contributed by atoms with Gasteiger partial charge in [0, 0.05) is 23.0 Å². The van der Waals surface area contributed by atoms with E-state index in [0.29, 0.717) is 0 Å². The summed E-state index contributed by atoms with van der Waals surface area (Å²) in [5.41, 5.74) is 4.64. The van der Waals surface area contributed by atoms with Gasteiger partial charge in [-0.1, -0.05) is 36.4 Å². The molecule has 0 bridgehead atoms. The van der Waals surface area contributed by atoms with E-state index in [1.165, 1.54) is 0 Å². The van der Waals surface area contributed by atoms with Gasteiger partial charge in [0.2, 0.25) is 5.91 Å². The maximum Gasteiger partial charge on any atom is 0.248 e. The molecule has 0 aliphatic rings. The number of para-hydroxylation sites is 2. The van der Waals surface area contributed by atoms with Gasteiger partial charge in [0.1, 0.15) is 0 Å². The van der Waals surface area contributed by atoms with E-state index in [9.17, 15) is 4.79 Å². The molecule has 1 N–H and O–H groups in total. The zero-order valence-electron chi connectivity index (χ0n) is 13.7. The number of hydrogen-bond donors (Lipinski definition) is 1. The number of nitrogens with one attached hydrogen (secondary N) is 1. The number of aryl methyl sites for hydroxylation is 1. The van der Waals surface area contributed by atoms with Crippen molar-refractivity contribution in [1.82, 2.24) is 9.78 Å². The SMILES string of the molecule is Cc1nn(-c2ccccc2)c(C)c1/C=C/C(=O)Nc1ccccc1. The molecule has 1 heterocycles. The average Bonchev–Trinajstić information content (AvgIpc) is 2.89. The van der Waals surface area contributed by atoms with Crippen molar-refractivity contribution in [2.45, 2.75) is 13.8 Å². The lowest BCUT2D eigenvalue weighted by molar-refractivity contribution is -0.111. The van der Waals surface area contributed by atoms with Crippen molar-refractivity contribution in [1.29, 1.82) is 0 Å². The van der Waals surface area contributed by atoms with Crippen molar-refractivity contribution in [3.8, 4) is 5.69 Å². The van der Waals surface area contributed by atoms with Gasteiger partial charge in [0.15, 0.2) is 0 Å². The Morgan fingerprint density at radius 3 is 2.29 bits per heavy atom. The summed E-state index contributed by atoms with van der Waals surface area (Å²) in [7, 11) is 0. The third-order valence-electron chi connectivity index (χ3n) is 3.79. The van der Waals surface area contributed by atoms with Gasteiger partial charge in [0.25, 0.3) is 0 Å². The van der Waals surface area contributed by atoms with Crippen LogP contribution in [0.4, 0.5) is 5.69 Å². The van der Waals surface area contributed by atoms with E-state index in [1.807, 2.05) is 85.3 Å². The molecule has 0 saturated heterocycles. The minimum atomic E-state index is -0.160. The number of hydrogen-bond acceptors (Lipinski definition) is 2. The highest BCUT2D eigenvalue weighted by molar-refractivity contribution is 6.02. The first-order valence-electron chi connectivity index (χ1n) is 7.81. The molecule has 4 heteroatoms. The van der Waals surface area contributed by atoms with E-state index in [4.69, 9.17) is 0 Å². The van der Waals surface area contributed by atoms with E-state index < -0.39 is 0 Å². The molecule has 0 aliphatic heterocycles. The fourth-order valence-electron chi connectivity index (χ4n) is 2.58. The standard InChI is InChI=1S/C20H19N3O/c1-15-19(13-14-20(24)21-17-9-5-3-6-10-17)16(2)23(22-15)18-11-7-4-8-12-18/h3-14H,1-2H3,(H,21,24)/b14-13+. The number of aromatic nitrogens is 2. The second-order valence-corrected chi connectivity index (χ2v) is 5.52. The maximum atomic E-state index is 12.1. The molecule has 120 valence electrons. The molecule has 1 aromatic heterocycles. The molecule has 3 rings (SSSR count). The first-order valence-corrected chi connectivity index (χ1v) is 7.81. The first-order chi connectivity index (χ1) is 11.6. The minimum Gasteiger partial charge on any atom is -0.323 e. The molecule has 0 spiro atoms. The van der Waals surface area contributed by atoms with Gasteiger partial charge in [-0.05, 0) is 44.2 Å². The molecule has 0 radical (unpaired) electrons. The first kappa shape index (κ1) is 15.7. The van der Waals surface area contributed by atoms with Crippen molar-refractivity contribution in [3.05, 3.63) is 83.7 Å². The zero-order chi connectivity index (χ0) is 16.9. The largest absolute Gasteiger partial charge is 0.323 e. The lowest BCUT2D eigenvalue weighted by Crippen LogP contribution is -2.07. The quantitative estimate of drug-likeness (QED) is 0.735. The van der Waals surface area contributed by atoms with Gasteiger partial charge < -0.3 is 5.32 Å². The number of carbonyl (C=O) groups excluding carboxylic acids is 1. The van der Waals surface area contributed by atoms with Gasteiger partial charge in [-0.15, -0.1) is 0 Å². The Labute approximate surface area is 141 Å². The van der Waals surface area contributed by atoms with E-state index in [-0.39, 0.29) is 5.91 Å². The summed E-state index contributed by atoms with van der Waals surface area (Å²) in [4.78, 5) is 12.1. The fraction of sp³-hybridized carbons (Fsp3) is 0.100. The number of benzene rings is 2. The Morgan fingerprint density at radius 1 is 1.00 bits per heavy atom. The van der Waals surface area contributed by atoms with Crippen LogP contribution in [0.25, 0.3) is 11.8 Å². The summed E-state index contributed by atoms with van der Waals surface area (Å²) in [6.07, 6.45) is 3.36. The number of amides is 1. The molecular formula is C20H19N3O. The summed E-state index contributed by atoms with van der Waals surface area (Å²) >= 11 is 0. The second kappa shape index (κ2) is 6.96. The molecule has 0 saturated carbocycles. The fourth-order valence-corrected chi connectivity index (χ4v) is 2.58. The Kier molecular flexibility index (Phi) is 4.57. The smallest absolute Gasteiger partial charge is 0.248 e. The van der Waals surface area contributed by atoms with Crippen LogP contribution in [-0.4, -0.2) is 15.7 Å². The van der Waals surface area contributed by atoms with E-state index in [2.05, 4.69) is 10.4 Å². The van der Waals surface area contributed by atoms with E-state index in [0.717, 1.165) is 28.3 Å². The van der Waals surface area contributed by atoms with Crippen LogP contribution < -0.4 is 5.32 Å². The van der Waals surface area contributed by atoms with Crippen molar-refractivity contribution in [2.24, 2.45) is 0 Å². The highest BCUT2D eigenvalue weighted by Gasteiger charge is 2.10. The highest BCUT2D eigenvalue weighted by atomic mass is 16.1. The van der Waals surface area contributed by atoms with Gasteiger partial charge in [-0.2, -0.15) is 5.10 Å². The Hall–Kier alpha value is -3.14. The van der Waals surface area contributed by atoms with Crippen molar-refractivity contribution in [2.75, 3.05) is 5.32 Å². The molecule has 0 aliphatic carbocycles. The molecule has 2 aromatic carbocycles. The summed E-state index contributed by atoms with van der Waals surface area (Å²) in [5.74, 6) is -0.160. The minimum absolute atomic E-state index is 0.160. The van der Waals surface area contributed by atoms with E-state index in [1.54, 1.807) is 6.08 Å². The zero-order valence-corrected chi connectivity index (χ0v) is 13.7. The summed E-state index contributed by atoms with van der Waals surface area (Å²) in [6.45, 7) is 3.95. The molecule has 0 atom stereocenters. The maximum absolute atomic E-state index is 12.1. The van der Waals surface area contributed by atoms with Crippen LogP contribution in [0.15, 0.2) is 66.7 Å². The predicted molar refractivity (Wildman–Crippen MR) is 97.1 cm³/mol. The van der Waals surface area contributed by atoms with E-state index >= 15 is 0 Å². The van der Waals surface area contributed by atoms with Crippen molar-refractivity contribution >= 4 is 17.7 Å². The van der Waals surface area contributed by atoms with Gasteiger partial charge >= 0.3 is 0 Å². The third-order valence-corrected chi connectivity index (χ3v) is 3.79. The van der Waals surface area contributed by atoms with Crippen LogP contribution in [0.1, 0.15) is 17.0 Å². The Morgan fingerprint density at radius 2 is 1.62 bits per heavy atom. The lowest BCUT2D eigenvalue weighted by atomic mass is 10.2. The van der Waals surface area contributed by atoms with Gasteiger partial charge in [0.05, 0.1) is 11.4 Å². The molecule has 0 fully saturated rings. The van der Waals surface area contributed by atoms with Gasteiger partial charge in [-0.3, -0.25) is 4.79 Å². The monoisotopic (exact) mass is 317 g/mol. The number of rotatable bonds is 4. The average molecular weight is 317 g/mol. The number of nitrogens with zero attached hydrogens (tertiary/aromatic N) is 2.